The van der Waals surface area contributed by atoms with Gasteiger partial charge in [0.05, 0.1) is 6.10 Å². The number of aryl methyl sites for hydroxylation is 1. The van der Waals surface area contributed by atoms with E-state index in [-0.39, 0.29) is 5.91 Å². The average molecular weight is 274 g/mol. The van der Waals surface area contributed by atoms with Gasteiger partial charge in [-0.05, 0) is 31.4 Å². The number of aliphatic hydroxyl groups is 1. The molecular weight excluding hydrogens is 252 g/mol. The number of aromatic amines is 1. The topological polar surface area (TPSA) is 56.3 Å². The quantitative estimate of drug-likeness (QED) is 0.849. The number of nitrogens with zero attached hydrogens (tertiary/aromatic N) is 1. The maximum Gasteiger partial charge on any atom is 0.222 e. The molecule has 0 radical (unpaired) electrons. The van der Waals surface area contributed by atoms with E-state index in [4.69, 9.17) is 0 Å². The molecule has 0 fully saturated rings. The Labute approximate surface area is 119 Å². The zero-order valence-electron chi connectivity index (χ0n) is 12.1. The van der Waals surface area contributed by atoms with E-state index in [1.54, 1.807) is 18.9 Å². The minimum absolute atomic E-state index is 0.0886. The van der Waals surface area contributed by atoms with Crippen molar-refractivity contribution in [1.82, 2.24) is 9.88 Å². The predicted molar refractivity (Wildman–Crippen MR) is 80.6 cm³/mol. The fraction of sp³-hybridized carbons (Fsp3) is 0.438. The number of para-hydroxylation sites is 1. The molecule has 1 aromatic carbocycles. The number of hydrogen-bond acceptors (Lipinski definition) is 2. The first kappa shape index (κ1) is 14.6. The van der Waals surface area contributed by atoms with E-state index in [9.17, 15) is 9.90 Å². The molecule has 0 spiro atoms. The molecular formula is C16H22N2O2. The first-order chi connectivity index (χ1) is 9.58. The molecule has 2 rings (SSSR count). The van der Waals surface area contributed by atoms with Crippen LogP contribution < -0.4 is 0 Å². The van der Waals surface area contributed by atoms with Gasteiger partial charge in [0.2, 0.25) is 5.91 Å². The van der Waals surface area contributed by atoms with E-state index >= 15 is 0 Å². The van der Waals surface area contributed by atoms with Gasteiger partial charge in [0.15, 0.2) is 0 Å². The van der Waals surface area contributed by atoms with Crippen LogP contribution in [0.5, 0.6) is 0 Å². The van der Waals surface area contributed by atoms with Crippen LogP contribution in [-0.4, -0.2) is 40.6 Å². The molecule has 1 heterocycles. The highest BCUT2D eigenvalue weighted by Gasteiger charge is 2.11. The highest BCUT2D eigenvalue weighted by Crippen LogP contribution is 2.19. The molecule has 4 heteroatoms. The highest BCUT2D eigenvalue weighted by molar-refractivity contribution is 5.83. The summed E-state index contributed by atoms with van der Waals surface area (Å²) in [6, 6.07) is 8.20. The summed E-state index contributed by atoms with van der Waals surface area (Å²) in [5, 5.41) is 10.5. The summed E-state index contributed by atoms with van der Waals surface area (Å²) in [6.07, 6.45) is 3.78. The maximum atomic E-state index is 11.9. The van der Waals surface area contributed by atoms with Crippen molar-refractivity contribution < 1.29 is 9.90 Å². The number of H-pyrrole nitrogens is 1. The number of hydrogen-bond donors (Lipinski definition) is 2. The van der Waals surface area contributed by atoms with Gasteiger partial charge in [-0.2, -0.15) is 0 Å². The number of aromatic nitrogens is 1. The molecule has 1 unspecified atom stereocenters. The van der Waals surface area contributed by atoms with E-state index in [0.717, 1.165) is 18.4 Å². The van der Waals surface area contributed by atoms with Crippen LogP contribution in [-0.2, 0) is 11.2 Å². The average Bonchev–Trinajstić information content (AvgIpc) is 2.81. The lowest BCUT2D eigenvalue weighted by Gasteiger charge is -2.18. The molecule has 1 amide bonds. The summed E-state index contributed by atoms with van der Waals surface area (Å²) < 4.78 is 0. The van der Waals surface area contributed by atoms with E-state index in [0.29, 0.717) is 13.0 Å². The first-order valence-electron chi connectivity index (χ1n) is 7.05. The maximum absolute atomic E-state index is 11.9. The Balaban J connectivity index is 1.85. The van der Waals surface area contributed by atoms with Gasteiger partial charge < -0.3 is 15.0 Å². The van der Waals surface area contributed by atoms with Crippen molar-refractivity contribution >= 4 is 16.8 Å². The van der Waals surface area contributed by atoms with E-state index < -0.39 is 6.10 Å². The number of amides is 1. The molecule has 20 heavy (non-hydrogen) atoms. The van der Waals surface area contributed by atoms with Gasteiger partial charge in [-0.15, -0.1) is 0 Å². The van der Waals surface area contributed by atoms with Crippen molar-refractivity contribution in [3.8, 4) is 0 Å². The minimum atomic E-state index is -0.474. The van der Waals surface area contributed by atoms with Gasteiger partial charge in [-0.3, -0.25) is 4.79 Å². The molecule has 0 saturated heterocycles. The second-order valence-electron chi connectivity index (χ2n) is 5.34. The molecule has 4 nitrogen and oxygen atoms in total. The van der Waals surface area contributed by atoms with Crippen molar-refractivity contribution in [2.24, 2.45) is 0 Å². The fourth-order valence-corrected chi connectivity index (χ4v) is 2.46. The van der Waals surface area contributed by atoms with Crippen molar-refractivity contribution in [2.45, 2.75) is 32.3 Å². The monoisotopic (exact) mass is 274 g/mol. The lowest BCUT2D eigenvalue weighted by molar-refractivity contribution is -0.131. The smallest absolute Gasteiger partial charge is 0.222 e. The third kappa shape index (κ3) is 3.61. The molecule has 0 aliphatic heterocycles. The summed E-state index contributed by atoms with van der Waals surface area (Å²) in [5.41, 5.74) is 2.40. The largest absolute Gasteiger partial charge is 0.392 e. The number of fused-ring (bicyclic) bond motifs is 1. The van der Waals surface area contributed by atoms with Gasteiger partial charge in [0.25, 0.3) is 0 Å². The summed E-state index contributed by atoms with van der Waals surface area (Å²) in [5.74, 6) is 0.0886. The number of rotatable bonds is 6. The summed E-state index contributed by atoms with van der Waals surface area (Å²) in [7, 11) is 1.74. The van der Waals surface area contributed by atoms with E-state index in [2.05, 4.69) is 17.1 Å². The van der Waals surface area contributed by atoms with Crippen LogP contribution in [0.1, 0.15) is 25.3 Å². The fourth-order valence-electron chi connectivity index (χ4n) is 2.46. The minimum Gasteiger partial charge on any atom is -0.392 e. The van der Waals surface area contributed by atoms with Crippen molar-refractivity contribution in [3.05, 3.63) is 36.0 Å². The standard InChI is InChI=1S/C16H22N2O2/c1-12(19)11-18(2)16(20)9-5-6-13-10-17-15-8-4-3-7-14(13)15/h3-4,7-8,10,12,17,19H,5-6,9,11H2,1-2H3. The van der Waals surface area contributed by atoms with E-state index in [1.807, 2.05) is 18.3 Å². The van der Waals surface area contributed by atoms with Crippen LogP contribution in [0.4, 0.5) is 0 Å². The van der Waals surface area contributed by atoms with Crippen LogP contribution in [0, 0.1) is 0 Å². The highest BCUT2D eigenvalue weighted by atomic mass is 16.3. The Kier molecular flexibility index (Phi) is 4.79. The summed E-state index contributed by atoms with van der Waals surface area (Å²) >= 11 is 0. The first-order valence-corrected chi connectivity index (χ1v) is 7.05. The molecule has 0 aliphatic carbocycles. The predicted octanol–water partition coefficient (Wildman–Crippen LogP) is 2.33. The van der Waals surface area contributed by atoms with Gasteiger partial charge in [-0.1, -0.05) is 18.2 Å². The Morgan fingerprint density at radius 2 is 2.15 bits per heavy atom. The zero-order chi connectivity index (χ0) is 14.5. The van der Waals surface area contributed by atoms with Crippen molar-refractivity contribution in [3.63, 3.8) is 0 Å². The number of carbonyl (C=O) groups is 1. The number of nitrogens with one attached hydrogen (secondary N) is 1. The second-order valence-corrected chi connectivity index (χ2v) is 5.34. The lowest BCUT2D eigenvalue weighted by Crippen LogP contribution is -2.32. The van der Waals surface area contributed by atoms with Crippen molar-refractivity contribution in [2.75, 3.05) is 13.6 Å². The number of carbonyl (C=O) groups excluding carboxylic acids is 1. The van der Waals surface area contributed by atoms with Crippen LogP contribution in [0.25, 0.3) is 10.9 Å². The van der Waals surface area contributed by atoms with Gasteiger partial charge in [0.1, 0.15) is 0 Å². The molecule has 0 aliphatic rings. The van der Waals surface area contributed by atoms with Gasteiger partial charge >= 0.3 is 0 Å². The second kappa shape index (κ2) is 6.57. The van der Waals surface area contributed by atoms with E-state index in [1.165, 1.54) is 10.9 Å². The number of likely N-dealkylation sites (N-methyl/N-ethyl adjacent to an activating group) is 1. The van der Waals surface area contributed by atoms with Gasteiger partial charge in [0, 0.05) is 37.1 Å². The summed E-state index contributed by atoms with van der Waals surface area (Å²) in [4.78, 5) is 16.7. The zero-order valence-corrected chi connectivity index (χ0v) is 12.1. The Morgan fingerprint density at radius 3 is 2.90 bits per heavy atom. The Bertz CT molecular complexity index is 575. The molecule has 0 bridgehead atoms. The normalized spacial score (nSPS) is 12.6. The van der Waals surface area contributed by atoms with Crippen LogP contribution >= 0.6 is 0 Å². The SMILES string of the molecule is CC(O)CN(C)C(=O)CCCc1c[nH]c2ccccc12. The molecule has 1 atom stereocenters. The number of aliphatic hydroxyl groups excluding tert-OH is 1. The van der Waals surface area contributed by atoms with Gasteiger partial charge in [-0.25, -0.2) is 0 Å². The van der Waals surface area contributed by atoms with Crippen molar-refractivity contribution in [1.29, 1.82) is 0 Å². The third-order valence-corrected chi connectivity index (χ3v) is 3.48. The van der Waals surface area contributed by atoms with Crippen LogP contribution in [0.15, 0.2) is 30.5 Å². The molecule has 0 saturated carbocycles. The summed E-state index contributed by atoms with van der Waals surface area (Å²) in [6.45, 7) is 2.08. The van der Waals surface area contributed by atoms with Crippen LogP contribution in [0.3, 0.4) is 0 Å². The molecule has 1 aromatic heterocycles. The lowest BCUT2D eigenvalue weighted by atomic mass is 10.1. The Morgan fingerprint density at radius 1 is 1.40 bits per heavy atom. The number of benzene rings is 1. The Hall–Kier alpha value is -1.81. The third-order valence-electron chi connectivity index (χ3n) is 3.48. The molecule has 108 valence electrons. The molecule has 2 aromatic rings. The van der Waals surface area contributed by atoms with Crippen LogP contribution in [0.2, 0.25) is 0 Å². The molecule has 2 N–H and O–H groups in total.